The number of rotatable bonds is 5. The van der Waals surface area contributed by atoms with Gasteiger partial charge in [-0.15, -0.1) is 0 Å². The van der Waals surface area contributed by atoms with Crippen molar-refractivity contribution < 1.29 is 23.5 Å². The number of cyclic esters (lactones) is 1. The molecule has 152 valence electrons. The van der Waals surface area contributed by atoms with Crippen LogP contribution in [0.15, 0.2) is 48.5 Å². The van der Waals surface area contributed by atoms with Gasteiger partial charge >= 0.3 is 5.97 Å². The number of morpholine rings is 1. The maximum Gasteiger partial charge on any atom is 0.339 e. The molecular weight excluding hydrogens is 375 g/mol. The molecule has 0 bridgehead atoms. The molecule has 2 unspecified atom stereocenters. The van der Waals surface area contributed by atoms with Gasteiger partial charge in [-0.25, -0.2) is 9.18 Å². The number of hydrogen-bond acceptors (Lipinski definition) is 5. The van der Waals surface area contributed by atoms with Gasteiger partial charge < -0.3 is 14.8 Å². The van der Waals surface area contributed by atoms with Crippen molar-refractivity contribution in [3.05, 3.63) is 71.0 Å². The van der Waals surface area contributed by atoms with Crippen LogP contribution in [0.4, 0.5) is 4.39 Å². The van der Waals surface area contributed by atoms with E-state index in [1.54, 1.807) is 24.3 Å². The summed E-state index contributed by atoms with van der Waals surface area (Å²) in [7, 11) is 0. The van der Waals surface area contributed by atoms with Crippen LogP contribution in [0, 0.1) is 5.82 Å². The van der Waals surface area contributed by atoms with E-state index in [0.717, 1.165) is 24.2 Å². The second kappa shape index (κ2) is 8.71. The molecule has 29 heavy (non-hydrogen) atoms. The highest BCUT2D eigenvalue weighted by Crippen LogP contribution is 2.23. The van der Waals surface area contributed by atoms with Gasteiger partial charge in [-0.05, 0) is 29.3 Å². The molecule has 2 aromatic carbocycles. The summed E-state index contributed by atoms with van der Waals surface area (Å²) < 4.78 is 24.1. The van der Waals surface area contributed by atoms with Gasteiger partial charge in [0, 0.05) is 26.1 Å². The van der Waals surface area contributed by atoms with E-state index in [2.05, 4.69) is 10.2 Å². The lowest BCUT2D eigenvalue weighted by Crippen LogP contribution is -2.47. The molecule has 2 atom stereocenters. The maximum atomic E-state index is 13.4. The standard InChI is InChI=1S/C22H23FN2O4/c23-17-7-5-15(6-8-17)19(25-9-11-28-12-10-25)14-24-21(26)20-13-16-3-1-2-4-18(16)22(27)29-20/h1-8,19-20H,9-14H2,(H,24,26). The first-order valence-corrected chi connectivity index (χ1v) is 9.75. The number of esters is 1. The lowest BCUT2D eigenvalue weighted by Gasteiger charge is -2.35. The molecule has 2 aliphatic rings. The summed E-state index contributed by atoms with van der Waals surface area (Å²) in [5, 5.41) is 2.92. The summed E-state index contributed by atoms with van der Waals surface area (Å²) in [6, 6.07) is 13.4. The minimum Gasteiger partial charge on any atom is -0.448 e. The van der Waals surface area contributed by atoms with Gasteiger partial charge in [0.25, 0.3) is 5.91 Å². The van der Waals surface area contributed by atoms with E-state index < -0.39 is 12.1 Å². The van der Waals surface area contributed by atoms with Crippen molar-refractivity contribution in [3.8, 4) is 0 Å². The van der Waals surface area contributed by atoms with Gasteiger partial charge in [0.05, 0.1) is 24.8 Å². The summed E-state index contributed by atoms with van der Waals surface area (Å²) >= 11 is 0. The van der Waals surface area contributed by atoms with Crippen LogP contribution in [0.2, 0.25) is 0 Å². The first-order chi connectivity index (χ1) is 14.1. The van der Waals surface area contributed by atoms with Crippen LogP contribution < -0.4 is 5.32 Å². The average Bonchev–Trinajstić information content (AvgIpc) is 2.75. The number of carbonyl (C=O) groups excluding carboxylic acids is 2. The molecule has 1 N–H and O–H groups in total. The Morgan fingerprint density at radius 2 is 1.86 bits per heavy atom. The third-order valence-corrected chi connectivity index (χ3v) is 5.40. The predicted molar refractivity (Wildman–Crippen MR) is 104 cm³/mol. The fraction of sp³-hybridized carbons (Fsp3) is 0.364. The molecule has 0 aliphatic carbocycles. The molecule has 2 aliphatic heterocycles. The summed E-state index contributed by atoms with van der Waals surface area (Å²) in [6.45, 7) is 3.01. The summed E-state index contributed by atoms with van der Waals surface area (Å²) in [5.41, 5.74) is 2.24. The second-order valence-electron chi connectivity index (χ2n) is 7.22. The molecule has 1 saturated heterocycles. The van der Waals surface area contributed by atoms with Crippen LogP contribution in [-0.2, 0) is 20.7 Å². The molecule has 2 heterocycles. The van der Waals surface area contributed by atoms with Crippen LogP contribution in [0.1, 0.15) is 27.5 Å². The Bertz CT molecular complexity index is 881. The molecule has 6 nitrogen and oxygen atoms in total. The van der Waals surface area contributed by atoms with Crippen LogP contribution in [0.5, 0.6) is 0 Å². The largest absolute Gasteiger partial charge is 0.448 e. The highest BCUT2D eigenvalue weighted by Gasteiger charge is 2.32. The van der Waals surface area contributed by atoms with Crippen molar-refractivity contribution in [2.45, 2.75) is 18.6 Å². The number of halogens is 1. The summed E-state index contributed by atoms with van der Waals surface area (Å²) in [5.74, 6) is -1.10. The Balaban J connectivity index is 1.45. The van der Waals surface area contributed by atoms with Crippen LogP contribution >= 0.6 is 0 Å². The zero-order valence-corrected chi connectivity index (χ0v) is 16.0. The normalized spacial score (nSPS) is 20.4. The van der Waals surface area contributed by atoms with Crippen molar-refractivity contribution in [1.82, 2.24) is 10.2 Å². The van der Waals surface area contributed by atoms with Gasteiger partial charge in [0.15, 0.2) is 6.10 Å². The Labute approximate surface area is 168 Å². The molecule has 0 saturated carbocycles. The number of amides is 1. The highest BCUT2D eigenvalue weighted by atomic mass is 19.1. The number of nitrogens with one attached hydrogen (secondary N) is 1. The molecule has 0 radical (unpaired) electrons. The Morgan fingerprint density at radius 3 is 2.62 bits per heavy atom. The fourth-order valence-corrected chi connectivity index (χ4v) is 3.82. The first-order valence-electron chi connectivity index (χ1n) is 9.75. The van der Waals surface area contributed by atoms with E-state index in [-0.39, 0.29) is 17.8 Å². The minimum absolute atomic E-state index is 0.116. The number of hydrogen-bond donors (Lipinski definition) is 1. The molecule has 1 fully saturated rings. The summed E-state index contributed by atoms with van der Waals surface area (Å²) in [6.07, 6.45) is -0.497. The zero-order chi connectivity index (χ0) is 20.2. The minimum atomic E-state index is -0.851. The van der Waals surface area contributed by atoms with Gasteiger partial charge in [0.2, 0.25) is 0 Å². The van der Waals surface area contributed by atoms with Gasteiger partial charge in [-0.3, -0.25) is 9.69 Å². The zero-order valence-electron chi connectivity index (χ0n) is 16.0. The van der Waals surface area contributed by atoms with Crippen molar-refractivity contribution in [3.63, 3.8) is 0 Å². The van der Waals surface area contributed by atoms with Crippen molar-refractivity contribution in [1.29, 1.82) is 0 Å². The predicted octanol–water partition coefficient (Wildman–Crippen LogP) is 2.10. The topological polar surface area (TPSA) is 67.9 Å². The highest BCUT2D eigenvalue weighted by molar-refractivity contribution is 5.95. The Kier molecular flexibility index (Phi) is 5.87. The van der Waals surface area contributed by atoms with E-state index in [1.165, 1.54) is 12.1 Å². The Hall–Kier alpha value is -2.77. The van der Waals surface area contributed by atoms with Gasteiger partial charge in [0.1, 0.15) is 5.82 Å². The van der Waals surface area contributed by atoms with E-state index >= 15 is 0 Å². The average molecular weight is 398 g/mol. The van der Waals surface area contributed by atoms with Crippen molar-refractivity contribution in [2.75, 3.05) is 32.8 Å². The monoisotopic (exact) mass is 398 g/mol. The van der Waals surface area contributed by atoms with E-state index in [9.17, 15) is 14.0 Å². The quantitative estimate of drug-likeness (QED) is 0.782. The number of benzene rings is 2. The molecule has 4 rings (SSSR count). The number of nitrogens with zero attached hydrogens (tertiary/aromatic N) is 1. The van der Waals surface area contributed by atoms with Crippen molar-refractivity contribution >= 4 is 11.9 Å². The molecule has 7 heteroatoms. The van der Waals surface area contributed by atoms with Crippen LogP contribution in [-0.4, -0.2) is 55.7 Å². The number of ether oxygens (including phenoxy) is 2. The maximum absolute atomic E-state index is 13.4. The smallest absolute Gasteiger partial charge is 0.339 e. The van der Waals surface area contributed by atoms with E-state index in [0.29, 0.717) is 31.7 Å². The summed E-state index contributed by atoms with van der Waals surface area (Å²) in [4.78, 5) is 27.1. The lowest BCUT2D eigenvalue weighted by atomic mass is 9.98. The number of carbonyl (C=O) groups is 2. The van der Waals surface area contributed by atoms with Crippen LogP contribution in [0.3, 0.4) is 0 Å². The lowest BCUT2D eigenvalue weighted by molar-refractivity contribution is -0.130. The molecule has 2 aromatic rings. The third kappa shape index (κ3) is 4.46. The van der Waals surface area contributed by atoms with Gasteiger partial charge in [-0.1, -0.05) is 30.3 Å². The molecule has 1 amide bonds. The van der Waals surface area contributed by atoms with Gasteiger partial charge in [-0.2, -0.15) is 0 Å². The number of fused-ring (bicyclic) bond motifs is 1. The molecule has 0 aromatic heterocycles. The van der Waals surface area contributed by atoms with Crippen LogP contribution in [0.25, 0.3) is 0 Å². The second-order valence-corrected chi connectivity index (χ2v) is 7.22. The van der Waals surface area contributed by atoms with E-state index in [4.69, 9.17) is 9.47 Å². The van der Waals surface area contributed by atoms with Crippen molar-refractivity contribution in [2.24, 2.45) is 0 Å². The molecular formula is C22H23FN2O4. The third-order valence-electron chi connectivity index (χ3n) is 5.40. The molecule has 0 spiro atoms. The Morgan fingerprint density at radius 1 is 1.14 bits per heavy atom. The SMILES string of the molecule is O=C1OC(C(=O)NCC(c2ccc(F)cc2)N2CCOCC2)Cc2ccccc21. The van der Waals surface area contributed by atoms with E-state index in [1.807, 2.05) is 12.1 Å². The fourth-order valence-electron chi connectivity index (χ4n) is 3.82. The first kappa shape index (κ1) is 19.5.